The molecule has 200 valence electrons. The normalized spacial score (nSPS) is 14.1. The van der Waals surface area contributed by atoms with E-state index in [2.05, 4.69) is 0 Å². The van der Waals surface area contributed by atoms with Crippen LogP contribution in [-0.4, -0.2) is 41.4 Å². The fourth-order valence-electron chi connectivity index (χ4n) is 3.88. The zero-order valence-electron chi connectivity index (χ0n) is 20.5. The summed E-state index contributed by atoms with van der Waals surface area (Å²) in [5.41, 5.74) is -2.48. The molecule has 0 unspecified atom stereocenters. The van der Waals surface area contributed by atoms with Crippen molar-refractivity contribution >= 4 is 17.8 Å². The molecule has 38 heavy (non-hydrogen) atoms. The first kappa shape index (κ1) is 28.5. The first-order valence-corrected chi connectivity index (χ1v) is 11.7. The second-order valence-electron chi connectivity index (χ2n) is 8.58. The van der Waals surface area contributed by atoms with Crippen molar-refractivity contribution in [2.24, 2.45) is 0 Å². The molecule has 0 heterocycles. The van der Waals surface area contributed by atoms with Crippen LogP contribution in [0.15, 0.2) is 84.9 Å². The third kappa shape index (κ3) is 7.01. The number of hydrogen-bond donors (Lipinski definition) is 2. The molecular formula is C29H27F3O6. The quantitative estimate of drug-likeness (QED) is 0.244. The highest BCUT2D eigenvalue weighted by molar-refractivity contribution is 5.94. The lowest BCUT2D eigenvalue weighted by atomic mass is 9.92. The maximum absolute atomic E-state index is 14.3. The van der Waals surface area contributed by atoms with Gasteiger partial charge in [-0.15, -0.1) is 0 Å². The number of phenolic OH excluding ortho intramolecular Hbond substituents is 2. The van der Waals surface area contributed by atoms with Gasteiger partial charge in [-0.1, -0.05) is 60.7 Å². The monoisotopic (exact) mass is 528 g/mol. The number of allylic oxidation sites excluding steroid dienone is 1. The predicted molar refractivity (Wildman–Crippen MR) is 134 cm³/mol. The van der Waals surface area contributed by atoms with E-state index in [9.17, 15) is 33.0 Å². The maximum atomic E-state index is 14.3. The highest BCUT2D eigenvalue weighted by Crippen LogP contribution is 2.43. The highest BCUT2D eigenvalue weighted by Gasteiger charge is 2.64. The summed E-state index contributed by atoms with van der Waals surface area (Å²) in [5, 5.41) is 18.9. The van der Waals surface area contributed by atoms with E-state index in [-0.39, 0.29) is 30.8 Å². The van der Waals surface area contributed by atoms with Crippen molar-refractivity contribution < 1.29 is 42.4 Å². The Labute approximate surface area is 218 Å². The van der Waals surface area contributed by atoms with Gasteiger partial charge in [-0.05, 0) is 54.3 Å². The van der Waals surface area contributed by atoms with Crippen LogP contribution in [-0.2, 0) is 31.1 Å². The van der Waals surface area contributed by atoms with E-state index < -0.39 is 35.2 Å². The molecule has 9 heteroatoms. The fraction of sp³-hybridized carbons (Fsp3) is 0.241. The van der Waals surface area contributed by atoms with E-state index in [0.717, 1.165) is 24.8 Å². The number of esters is 1. The Bertz CT molecular complexity index is 1240. The number of carbonyl (C=O) groups is 2. The standard InChI is InChI=1S/C29H27F3O6/c1-37-28(29(30,31)32,22-5-3-2-4-6-22)27(36)38-26(18-12-21-9-15-24(34)16-10-21)19-25(35)17-11-20-7-13-23(33)14-8-20/h2-11,13-17,26,33-34H,12,18-19H2,1H3/b17-11+/t26-,28-/m0/s1. The average molecular weight is 529 g/mol. The van der Waals surface area contributed by atoms with Crippen LogP contribution < -0.4 is 0 Å². The summed E-state index contributed by atoms with van der Waals surface area (Å²) in [6, 6.07) is 18.7. The average Bonchev–Trinajstić information content (AvgIpc) is 2.88. The number of hydrogen-bond acceptors (Lipinski definition) is 6. The molecule has 3 aromatic rings. The summed E-state index contributed by atoms with van der Waals surface area (Å²) >= 11 is 0. The summed E-state index contributed by atoms with van der Waals surface area (Å²) in [7, 11) is 0.777. The minimum absolute atomic E-state index is 0.0434. The first-order valence-electron chi connectivity index (χ1n) is 11.7. The topological polar surface area (TPSA) is 93.1 Å². The van der Waals surface area contributed by atoms with E-state index in [1.807, 2.05) is 0 Å². The number of methoxy groups -OCH3 is 1. The van der Waals surface area contributed by atoms with Gasteiger partial charge in [-0.2, -0.15) is 13.2 Å². The second-order valence-corrected chi connectivity index (χ2v) is 8.58. The number of carbonyl (C=O) groups excluding carboxylic acids is 2. The summed E-state index contributed by atoms with van der Waals surface area (Å²) in [6.07, 6.45) is -3.69. The highest BCUT2D eigenvalue weighted by atomic mass is 19.4. The van der Waals surface area contributed by atoms with Gasteiger partial charge in [0, 0.05) is 19.1 Å². The Kier molecular flexibility index (Phi) is 9.30. The Balaban J connectivity index is 1.85. The number of halogens is 3. The summed E-state index contributed by atoms with van der Waals surface area (Å²) < 4.78 is 53.1. The number of aryl methyl sites for hydroxylation is 1. The molecule has 2 atom stereocenters. The van der Waals surface area contributed by atoms with Crippen molar-refractivity contribution in [2.45, 2.75) is 37.1 Å². The fourth-order valence-corrected chi connectivity index (χ4v) is 3.88. The molecule has 3 aromatic carbocycles. The van der Waals surface area contributed by atoms with Crippen LogP contribution in [0.2, 0.25) is 0 Å². The van der Waals surface area contributed by atoms with E-state index in [4.69, 9.17) is 9.47 Å². The van der Waals surface area contributed by atoms with Gasteiger partial charge in [-0.3, -0.25) is 4.79 Å². The third-order valence-electron chi connectivity index (χ3n) is 5.92. The van der Waals surface area contributed by atoms with E-state index in [0.29, 0.717) is 5.56 Å². The molecule has 0 aliphatic heterocycles. The van der Waals surface area contributed by atoms with Crippen molar-refractivity contribution in [3.63, 3.8) is 0 Å². The Hall–Kier alpha value is -4.11. The molecule has 0 aromatic heterocycles. The number of phenols is 2. The number of ether oxygens (including phenoxy) is 2. The van der Waals surface area contributed by atoms with Crippen LogP contribution in [0, 0.1) is 0 Å². The molecule has 2 N–H and O–H groups in total. The van der Waals surface area contributed by atoms with Crippen molar-refractivity contribution in [3.8, 4) is 11.5 Å². The Morgan fingerprint density at radius 3 is 2.03 bits per heavy atom. The summed E-state index contributed by atoms with van der Waals surface area (Å²) in [4.78, 5) is 25.9. The molecular weight excluding hydrogens is 501 g/mol. The lowest BCUT2D eigenvalue weighted by Gasteiger charge is -2.33. The minimum Gasteiger partial charge on any atom is -0.508 e. The molecule has 0 bridgehead atoms. The van der Waals surface area contributed by atoms with Gasteiger partial charge in [0.2, 0.25) is 0 Å². The van der Waals surface area contributed by atoms with Gasteiger partial charge in [0.15, 0.2) is 5.78 Å². The van der Waals surface area contributed by atoms with Crippen LogP contribution in [0.4, 0.5) is 13.2 Å². The van der Waals surface area contributed by atoms with Gasteiger partial charge in [0.1, 0.15) is 17.6 Å². The third-order valence-corrected chi connectivity index (χ3v) is 5.92. The molecule has 0 saturated heterocycles. The van der Waals surface area contributed by atoms with Crippen LogP contribution in [0.5, 0.6) is 11.5 Å². The van der Waals surface area contributed by atoms with E-state index in [1.165, 1.54) is 54.6 Å². The zero-order valence-corrected chi connectivity index (χ0v) is 20.5. The molecule has 0 saturated carbocycles. The van der Waals surface area contributed by atoms with Crippen LogP contribution in [0.1, 0.15) is 29.5 Å². The van der Waals surface area contributed by atoms with Crippen LogP contribution in [0.25, 0.3) is 6.08 Å². The minimum atomic E-state index is -5.15. The maximum Gasteiger partial charge on any atom is 0.432 e. The van der Waals surface area contributed by atoms with Crippen LogP contribution >= 0.6 is 0 Å². The summed E-state index contributed by atoms with van der Waals surface area (Å²) in [5.74, 6) is -2.05. The molecule has 0 aliphatic rings. The van der Waals surface area contributed by atoms with Gasteiger partial charge in [0.05, 0.1) is 0 Å². The van der Waals surface area contributed by atoms with Crippen LogP contribution in [0.3, 0.4) is 0 Å². The number of ketones is 1. The summed E-state index contributed by atoms with van der Waals surface area (Å²) in [6.45, 7) is 0. The van der Waals surface area contributed by atoms with Crippen molar-refractivity contribution in [1.29, 1.82) is 0 Å². The van der Waals surface area contributed by atoms with Gasteiger partial charge in [-0.25, -0.2) is 4.79 Å². The zero-order chi connectivity index (χ0) is 27.8. The lowest BCUT2D eigenvalue weighted by molar-refractivity contribution is -0.278. The SMILES string of the molecule is CO[C@](C(=O)O[C@@H](CCc1ccc(O)cc1)CC(=O)/C=C/c1ccc(O)cc1)(c1ccccc1)C(F)(F)F. The first-order chi connectivity index (χ1) is 18.0. The molecule has 0 aliphatic carbocycles. The molecule has 6 nitrogen and oxygen atoms in total. The van der Waals surface area contributed by atoms with Crippen molar-refractivity contribution in [2.75, 3.05) is 7.11 Å². The van der Waals surface area contributed by atoms with Gasteiger partial charge >= 0.3 is 12.1 Å². The lowest BCUT2D eigenvalue weighted by Crippen LogP contribution is -2.52. The predicted octanol–water partition coefficient (Wildman–Crippen LogP) is 5.72. The molecule has 0 fully saturated rings. The number of aromatic hydroxyl groups is 2. The number of alkyl halides is 3. The second kappa shape index (κ2) is 12.4. The van der Waals surface area contributed by atoms with Crippen molar-refractivity contribution in [3.05, 3.63) is 102 Å². The number of benzene rings is 3. The van der Waals surface area contributed by atoms with Gasteiger partial charge in [0.25, 0.3) is 5.60 Å². The Morgan fingerprint density at radius 2 is 1.47 bits per heavy atom. The molecule has 0 amide bonds. The molecule has 0 radical (unpaired) electrons. The van der Waals surface area contributed by atoms with E-state index in [1.54, 1.807) is 24.3 Å². The Morgan fingerprint density at radius 1 is 0.895 bits per heavy atom. The van der Waals surface area contributed by atoms with Crippen molar-refractivity contribution in [1.82, 2.24) is 0 Å². The largest absolute Gasteiger partial charge is 0.508 e. The van der Waals surface area contributed by atoms with E-state index >= 15 is 0 Å². The van der Waals surface area contributed by atoms with Gasteiger partial charge < -0.3 is 19.7 Å². The molecule has 3 rings (SSSR count). The molecule has 0 spiro atoms. The number of rotatable bonds is 11. The smallest absolute Gasteiger partial charge is 0.432 e.